The highest BCUT2D eigenvalue weighted by Crippen LogP contribution is 2.16. The highest BCUT2D eigenvalue weighted by atomic mass is 19.1. The average molecular weight is 406 g/mol. The van der Waals surface area contributed by atoms with Crippen molar-refractivity contribution in [1.29, 1.82) is 0 Å². The Morgan fingerprint density at radius 3 is 2.03 bits per heavy atom. The summed E-state index contributed by atoms with van der Waals surface area (Å²) in [5, 5.41) is 4.76. The molecular formula is C23H19FN2O4. The maximum atomic E-state index is 13.0. The summed E-state index contributed by atoms with van der Waals surface area (Å²) in [4.78, 5) is 35.9. The standard InChI is InChI=1S/C23H19FN2O4/c24-19-10-6-17(7-11-19)22(28)18-8-12-20(13-9-18)30-15-21(27)26-23(29)25-14-16-4-2-1-3-5-16/h1-13H,14-15H2,(H2,25,26,27,29). The van der Waals surface area contributed by atoms with Crippen LogP contribution in [0.1, 0.15) is 21.5 Å². The summed E-state index contributed by atoms with van der Waals surface area (Å²) < 4.78 is 18.3. The second-order valence-corrected chi connectivity index (χ2v) is 6.37. The lowest BCUT2D eigenvalue weighted by Crippen LogP contribution is -2.41. The number of nitrogens with one attached hydrogen (secondary N) is 2. The van der Waals surface area contributed by atoms with Crippen molar-refractivity contribution in [3.05, 3.63) is 101 Å². The molecule has 6 nitrogen and oxygen atoms in total. The molecule has 0 aliphatic rings. The molecule has 0 radical (unpaired) electrons. The lowest BCUT2D eigenvalue weighted by molar-refractivity contribution is -0.122. The Morgan fingerprint density at radius 1 is 0.800 bits per heavy atom. The first-order valence-electron chi connectivity index (χ1n) is 9.16. The number of rotatable bonds is 7. The van der Waals surface area contributed by atoms with Crippen LogP contribution in [0.5, 0.6) is 5.75 Å². The quantitative estimate of drug-likeness (QED) is 0.589. The molecule has 0 spiro atoms. The van der Waals surface area contributed by atoms with Crippen LogP contribution in [0.2, 0.25) is 0 Å². The summed E-state index contributed by atoms with van der Waals surface area (Å²) in [5.41, 5.74) is 1.68. The Balaban J connectivity index is 1.45. The summed E-state index contributed by atoms with van der Waals surface area (Å²) >= 11 is 0. The molecule has 0 aliphatic carbocycles. The molecule has 30 heavy (non-hydrogen) atoms. The van der Waals surface area contributed by atoms with Gasteiger partial charge in [-0.1, -0.05) is 30.3 Å². The Morgan fingerprint density at radius 2 is 1.40 bits per heavy atom. The van der Waals surface area contributed by atoms with Gasteiger partial charge in [0, 0.05) is 17.7 Å². The van der Waals surface area contributed by atoms with Gasteiger partial charge in [0.1, 0.15) is 11.6 Å². The minimum Gasteiger partial charge on any atom is -0.484 e. The maximum absolute atomic E-state index is 13.0. The van der Waals surface area contributed by atoms with Crippen LogP contribution in [-0.4, -0.2) is 24.3 Å². The van der Waals surface area contributed by atoms with Crippen molar-refractivity contribution in [3.8, 4) is 5.75 Å². The van der Waals surface area contributed by atoms with Gasteiger partial charge in [-0.25, -0.2) is 9.18 Å². The number of urea groups is 1. The molecule has 0 aliphatic heterocycles. The number of hydrogen-bond donors (Lipinski definition) is 2. The summed E-state index contributed by atoms with van der Waals surface area (Å²) in [5.74, 6) is -0.908. The molecule has 7 heteroatoms. The van der Waals surface area contributed by atoms with Gasteiger partial charge in [0.2, 0.25) is 0 Å². The maximum Gasteiger partial charge on any atom is 0.321 e. The molecule has 0 aromatic heterocycles. The number of imide groups is 1. The van der Waals surface area contributed by atoms with Crippen LogP contribution in [0.3, 0.4) is 0 Å². The van der Waals surface area contributed by atoms with Crippen molar-refractivity contribution in [2.45, 2.75) is 6.54 Å². The van der Waals surface area contributed by atoms with E-state index >= 15 is 0 Å². The monoisotopic (exact) mass is 406 g/mol. The lowest BCUT2D eigenvalue weighted by atomic mass is 10.0. The molecule has 2 N–H and O–H groups in total. The van der Waals surface area contributed by atoms with Crippen molar-refractivity contribution < 1.29 is 23.5 Å². The Bertz CT molecular complexity index is 1020. The van der Waals surface area contributed by atoms with Gasteiger partial charge in [-0.3, -0.25) is 14.9 Å². The second kappa shape index (κ2) is 9.97. The zero-order valence-corrected chi connectivity index (χ0v) is 15.9. The highest BCUT2D eigenvalue weighted by molar-refractivity contribution is 6.09. The molecule has 3 aromatic carbocycles. The summed E-state index contributed by atoms with van der Waals surface area (Å²) in [6.07, 6.45) is 0. The van der Waals surface area contributed by atoms with Gasteiger partial charge in [-0.05, 0) is 54.1 Å². The van der Waals surface area contributed by atoms with E-state index in [1.54, 1.807) is 24.3 Å². The van der Waals surface area contributed by atoms with Crippen LogP contribution in [-0.2, 0) is 11.3 Å². The van der Waals surface area contributed by atoms with Crippen LogP contribution in [0.15, 0.2) is 78.9 Å². The number of ketones is 1. The van der Waals surface area contributed by atoms with Crippen LogP contribution in [0.25, 0.3) is 0 Å². The largest absolute Gasteiger partial charge is 0.484 e. The van der Waals surface area contributed by atoms with Gasteiger partial charge < -0.3 is 10.1 Å². The Hall–Kier alpha value is -4.00. The molecule has 0 heterocycles. The third-order valence-electron chi connectivity index (χ3n) is 4.14. The molecule has 3 amide bonds. The van der Waals surface area contributed by atoms with E-state index in [0.717, 1.165) is 5.56 Å². The number of amides is 3. The van der Waals surface area contributed by atoms with E-state index < -0.39 is 17.8 Å². The van der Waals surface area contributed by atoms with Gasteiger partial charge >= 0.3 is 6.03 Å². The lowest BCUT2D eigenvalue weighted by Gasteiger charge is -2.09. The van der Waals surface area contributed by atoms with Gasteiger partial charge in [0.15, 0.2) is 12.4 Å². The number of carbonyl (C=O) groups excluding carboxylic acids is 3. The van der Waals surface area contributed by atoms with Gasteiger partial charge in [0.05, 0.1) is 0 Å². The zero-order chi connectivity index (χ0) is 21.3. The second-order valence-electron chi connectivity index (χ2n) is 6.37. The zero-order valence-electron chi connectivity index (χ0n) is 15.9. The molecular weight excluding hydrogens is 387 g/mol. The van der Waals surface area contributed by atoms with E-state index in [1.807, 2.05) is 30.3 Å². The molecule has 0 atom stereocenters. The number of carbonyl (C=O) groups is 3. The van der Waals surface area contributed by atoms with Gasteiger partial charge in [-0.2, -0.15) is 0 Å². The fourth-order valence-corrected chi connectivity index (χ4v) is 2.60. The molecule has 3 aromatic rings. The number of ether oxygens (including phenoxy) is 1. The smallest absolute Gasteiger partial charge is 0.321 e. The highest BCUT2D eigenvalue weighted by Gasteiger charge is 2.11. The summed E-state index contributed by atoms with van der Waals surface area (Å²) in [6, 6.07) is 20.1. The van der Waals surface area contributed by atoms with Crippen LogP contribution in [0, 0.1) is 5.82 Å². The van der Waals surface area contributed by atoms with Crippen LogP contribution in [0.4, 0.5) is 9.18 Å². The van der Waals surface area contributed by atoms with Crippen molar-refractivity contribution in [2.24, 2.45) is 0 Å². The predicted molar refractivity (Wildman–Crippen MR) is 109 cm³/mol. The molecule has 0 unspecified atom stereocenters. The number of hydrogen-bond acceptors (Lipinski definition) is 4. The molecule has 0 saturated carbocycles. The average Bonchev–Trinajstić information content (AvgIpc) is 2.77. The third-order valence-corrected chi connectivity index (χ3v) is 4.14. The first-order valence-corrected chi connectivity index (χ1v) is 9.16. The van der Waals surface area contributed by atoms with Crippen molar-refractivity contribution in [2.75, 3.05) is 6.61 Å². The van der Waals surface area contributed by atoms with E-state index in [9.17, 15) is 18.8 Å². The van der Waals surface area contributed by atoms with E-state index in [-0.39, 0.29) is 12.4 Å². The van der Waals surface area contributed by atoms with Gasteiger partial charge in [0.25, 0.3) is 5.91 Å². The van der Waals surface area contributed by atoms with Crippen LogP contribution < -0.4 is 15.4 Å². The first-order chi connectivity index (χ1) is 14.5. The predicted octanol–water partition coefficient (Wildman–Crippen LogP) is 3.46. The SMILES string of the molecule is O=C(COc1ccc(C(=O)c2ccc(F)cc2)cc1)NC(=O)NCc1ccccc1. The van der Waals surface area contributed by atoms with E-state index in [1.165, 1.54) is 24.3 Å². The van der Waals surface area contributed by atoms with Crippen molar-refractivity contribution in [1.82, 2.24) is 10.6 Å². The minimum absolute atomic E-state index is 0.255. The van der Waals surface area contributed by atoms with Crippen molar-refractivity contribution in [3.63, 3.8) is 0 Å². The first kappa shape index (κ1) is 20.7. The minimum atomic E-state index is -0.618. The fraction of sp³-hybridized carbons (Fsp3) is 0.0870. The summed E-state index contributed by atoms with van der Waals surface area (Å²) in [7, 11) is 0. The van der Waals surface area contributed by atoms with Crippen molar-refractivity contribution >= 4 is 17.7 Å². The van der Waals surface area contributed by atoms with E-state index in [2.05, 4.69) is 10.6 Å². The molecule has 0 saturated heterocycles. The third kappa shape index (κ3) is 6.00. The molecule has 0 bridgehead atoms. The molecule has 0 fully saturated rings. The van der Waals surface area contributed by atoms with Crippen LogP contribution >= 0.6 is 0 Å². The topological polar surface area (TPSA) is 84.5 Å². The fourth-order valence-electron chi connectivity index (χ4n) is 2.60. The molecule has 152 valence electrons. The van der Waals surface area contributed by atoms with Gasteiger partial charge in [-0.15, -0.1) is 0 Å². The Kier molecular flexibility index (Phi) is 6.89. The summed E-state index contributed by atoms with van der Waals surface area (Å²) in [6.45, 7) is -0.0611. The van der Waals surface area contributed by atoms with E-state index in [4.69, 9.17) is 4.74 Å². The number of halogens is 1. The Labute approximate surface area is 172 Å². The number of benzene rings is 3. The molecule has 3 rings (SSSR count). The normalized spacial score (nSPS) is 10.2. The van der Waals surface area contributed by atoms with E-state index in [0.29, 0.717) is 23.4 Å².